The zero-order valence-electron chi connectivity index (χ0n) is 20.4. The Hall–Kier alpha value is -4.17. The number of hydrogen-bond acceptors (Lipinski definition) is 5. The molecule has 0 fully saturated rings. The summed E-state index contributed by atoms with van der Waals surface area (Å²) >= 11 is 0. The quantitative estimate of drug-likeness (QED) is 0.355. The van der Waals surface area contributed by atoms with E-state index in [2.05, 4.69) is 10.6 Å². The number of para-hydroxylation sites is 1. The third-order valence-electron chi connectivity index (χ3n) is 5.42. The normalized spacial score (nSPS) is 11.8. The van der Waals surface area contributed by atoms with Crippen LogP contribution in [0.2, 0.25) is 0 Å². The fourth-order valence-electron chi connectivity index (χ4n) is 3.25. The Balaban J connectivity index is 1.63. The molecule has 0 aliphatic carbocycles. The van der Waals surface area contributed by atoms with Gasteiger partial charge in [0.2, 0.25) is 17.7 Å². The van der Waals surface area contributed by atoms with Crippen molar-refractivity contribution in [3.63, 3.8) is 0 Å². The summed E-state index contributed by atoms with van der Waals surface area (Å²) in [5.74, 6) is -0.217. The van der Waals surface area contributed by atoms with E-state index in [1.165, 1.54) is 0 Å². The van der Waals surface area contributed by atoms with E-state index in [-0.39, 0.29) is 19.6 Å². The predicted molar refractivity (Wildman–Crippen MR) is 137 cm³/mol. The fraction of sp³-hybridized carbons (Fsp3) is 0.250. The van der Waals surface area contributed by atoms with Crippen LogP contribution in [-0.4, -0.2) is 30.4 Å². The highest BCUT2D eigenvalue weighted by Crippen LogP contribution is 2.23. The lowest BCUT2D eigenvalue weighted by molar-refractivity contribution is -0.134. The first-order valence-corrected chi connectivity index (χ1v) is 11.6. The molecule has 3 aromatic carbocycles. The molecule has 36 heavy (non-hydrogen) atoms. The van der Waals surface area contributed by atoms with Gasteiger partial charge in [-0.15, -0.1) is 0 Å². The standard InChI is InChI=1S/C28H31N3O5/c1-28(2,27(29)34)17-25(32)31-24(19-35-18-20-9-5-3-6-10-20)26(33)30-21-13-15-23(16-14-21)36-22-11-7-4-8-12-22/h3-16,24H,17-19H2,1-2H3,(H2,29,34)(H,30,33)(H,31,32). The molecule has 0 bridgehead atoms. The van der Waals surface area contributed by atoms with Crippen molar-refractivity contribution in [2.75, 3.05) is 11.9 Å². The third kappa shape index (κ3) is 8.25. The third-order valence-corrected chi connectivity index (χ3v) is 5.42. The number of anilines is 1. The summed E-state index contributed by atoms with van der Waals surface area (Å²) in [5.41, 5.74) is 5.80. The van der Waals surface area contributed by atoms with E-state index in [1.807, 2.05) is 60.7 Å². The number of rotatable bonds is 12. The van der Waals surface area contributed by atoms with Gasteiger partial charge in [0.1, 0.15) is 17.5 Å². The summed E-state index contributed by atoms with van der Waals surface area (Å²) < 4.78 is 11.5. The van der Waals surface area contributed by atoms with Crippen LogP contribution < -0.4 is 21.1 Å². The van der Waals surface area contributed by atoms with Crippen LogP contribution in [0.5, 0.6) is 11.5 Å². The Morgan fingerprint density at radius 3 is 2.06 bits per heavy atom. The van der Waals surface area contributed by atoms with Crippen LogP contribution in [0.15, 0.2) is 84.9 Å². The molecule has 8 nitrogen and oxygen atoms in total. The number of primary amides is 1. The molecule has 8 heteroatoms. The SMILES string of the molecule is CC(C)(CC(=O)NC(COCc1ccccc1)C(=O)Nc1ccc(Oc2ccccc2)cc1)C(N)=O. The highest BCUT2D eigenvalue weighted by Gasteiger charge is 2.30. The van der Waals surface area contributed by atoms with Crippen molar-refractivity contribution in [1.29, 1.82) is 0 Å². The van der Waals surface area contributed by atoms with Crippen LogP contribution in [0, 0.1) is 5.41 Å². The van der Waals surface area contributed by atoms with E-state index < -0.39 is 29.2 Å². The van der Waals surface area contributed by atoms with Gasteiger partial charge in [-0.1, -0.05) is 62.4 Å². The van der Waals surface area contributed by atoms with Gasteiger partial charge in [0.05, 0.1) is 18.6 Å². The van der Waals surface area contributed by atoms with Gasteiger partial charge in [-0.05, 0) is 42.0 Å². The van der Waals surface area contributed by atoms with Gasteiger partial charge >= 0.3 is 0 Å². The summed E-state index contributed by atoms with van der Waals surface area (Å²) in [6.45, 7) is 3.38. The summed E-state index contributed by atoms with van der Waals surface area (Å²) in [6, 6.07) is 24.7. The molecule has 0 spiro atoms. The lowest BCUT2D eigenvalue weighted by Crippen LogP contribution is -2.48. The van der Waals surface area contributed by atoms with Crippen molar-refractivity contribution in [3.05, 3.63) is 90.5 Å². The largest absolute Gasteiger partial charge is 0.457 e. The first-order chi connectivity index (χ1) is 17.2. The molecule has 0 heterocycles. The minimum Gasteiger partial charge on any atom is -0.457 e. The van der Waals surface area contributed by atoms with E-state index >= 15 is 0 Å². The second kappa shape index (κ2) is 12.5. The topological polar surface area (TPSA) is 120 Å². The number of ether oxygens (including phenoxy) is 2. The molecule has 3 aromatic rings. The van der Waals surface area contributed by atoms with Crippen molar-refractivity contribution < 1.29 is 23.9 Å². The van der Waals surface area contributed by atoms with Gasteiger partial charge in [-0.25, -0.2) is 0 Å². The first kappa shape index (κ1) is 26.4. The van der Waals surface area contributed by atoms with Crippen LogP contribution in [-0.2, 0) is 25.7 Å². The summed E-state index contributed by atoms with van der Waals surface area (Å²) in [6.07, 6.45) is -0.156. The molecule has 1 unspecified atom stereocenters. The highest BCUT2D eigenvalue weighted by atomic mass is 16.5. The maximum atomic E-state index is 13.0. The van der Waals surface area contributed by atoms with Gasteiger partial charge in [0.25, 0.3) is 0 Å². The Morgan fingerprint density at radius 2 is 1.44 bits per heavy atom. The summed E-state index contributed by atoms with van der Waals surface area (Å²) in [5, 5.41) is 5.46. The van der Waals surface area contributed by atoms with Gasteiger partial charge in [0, 0.05) is 12.1 Å². The molecule has 0 saturated heterocycles. The Morgan fingerprint density at radius 1 is 0.861 bits per heavy atom. The van der Waals surface area contributed by atoms with Crippen LogP contribution >= 0.6 is 0 Å². The minimum atomic E-state index is -1.05. The molecule has 0 aliphatic rings. The van der Waals surface area contributed by atoms with Crippen LogP contribution in [0.4, 0.5) is 5.69 Å². The van der Waals surface area contributed by atoms with E-state index in [1.54, 1.807) is 38.1 Å². The number of carbonyl (C=O) groups is 3. The number of benzene rings is 3. The highest BCUT2D eigenvalue weighted by molar-refractivity contribution is 5.98. The Labute approximate surface area is 210 Å². The molecule has 0 radical (unpaired) electrons. The molecular weight excluding hydrogens is 458 g/mol. The summed E-state index contributed by atoms with van der Waals surface area (Å²) in [4.78, 5) is 37.3. The van der Waals surface area contributed by atoms with Gasteiger partial charge < -0.3 is 25.8 Å². The molecule has 4 N–H and O–H groups in total. The smallest absolute Gasteiger partial charge is 0.249 e. The first-order valence-electron chi connectivity index (χ1n) is 11.6. The van der Waals surface area contributed by atoms with Crippen LogP contribution in [0.3, 0.4) is 0 Å². The Bertz CT molecular complexity index is 1150. The molecule has 0 aromatic heterocycles. The second-order valence-electron chi connectivity index (χ2n) is 8.97. The van der Waals surface area contributed by atoms with Crippen molar-refractivity contribution >= 4 is 23.4 Å². The second-order valence-corrected chi connectivity index (χ2v) is 8.97. The van der Waals surface area contributed by atoms with E-state index in [0.717, 1.165) is 5.56 Å². The van der Waals surface area contributed by atoms with Crippen molar-refractivity contribution in [1.82, 2.24) is 5.32 Å². The maximum Gasteiger partial charge on any atom is 0.249 e. The van der Waals surface area contributed by atoms with Crippen molar-refractivity contribution in [3.8, 4) is 11.5 Å². The number of hydrogen-bond donors (Lipinski definition) is 3. The maximum absolute atomic E-state index is 13.0. The Kier molecular flexibility index (Phi) is 9.19. The van der Waals surface area contributed by atoms with Crippen molar-refractivity contribution in [2.45, 2.75) is 32.9 Å². The molecule has 188 valence electrons. The van der Waals surface area contributed by atoms with Crippen LogP contribution in [0.25, 0.3) is 0 Å². The molecule has 3 rings (SSSR count). The van der Waals surface area contributed by atoms with Crippen LogP contribution in [0.1, 0.15) is 25.8 Å². The van der Waals surface area contributed by atoms with Gasteiger partial charge in [0.15, 0.2) is 0 Å². The monoisotopic (exact) mass is 489 g/mol. The number of nitrogens with one attached hydrogen (secondary N) is 2. The fourth-order valence-corrected chi connectivity index (χ4v) is 3.25. The van der Waals surface area contributed by atoms with Gasteiger partial charge in [-0.3, -0.25) is 14.4 Å². The zero-order chi connectivity index (χ0) is 26.0. The molecule has 0 aliphatic heterocycles. The predicted octanol–water partition coefficient (Wildman–Crippen LogP) is 4.02. The molecule has 3 amide bonds. The van der Waals surface area contributed by atoms with E-state index in [4.69, 9.17) is 15.2 Å². The lowest BCUT2D eigenvalue weighted by atomic mass is 9.88. The molecular formula is C28H31N3O5. The number of carbonyl (C=O) groups excluding carboxylic acids is 3. The lowest BCUT2D eigenvalue weighted by Gasteiger charge is -2.23. The number of amides is 3. The van der Waals surface area contributed by atoms with Crippen molar-refractivity contribution in [2.24, 2.45) is 11.1 Å². The van der Waals surface area contributed by atoms with E-state index in [9.17, 15) is 14.4 Å². The van der Waals surface area contributed by atoms with E-state index in [0.29, 0.717) is 17.2 Å². The minimum absolute atomic E-state index is 0.0569. The number of nitrogens with two attached hydrogens (primary N) is 1. The summed E-state index contributed by atoms with van der Waals surface area (Å²) in [7, 11) is 0. The average molecular weight is 490 g/mol. The zero-order valence-corrected chi connectivity index (χ0v) is 20.4. The molecule has 0 saturated carbocycles. The average Bonchev–Trinajstić information content (AvgIpc) is 2.85. The van der Waals surface area contributed by atoms with Gasteiger partial charge in [-0.2, -0.15) is 0 Å². The molecule has 1 atom stereocenters.